The molecule has 1 fully saturated rings. The van der Waals surface area contributed by atoms with Gasteiger partial charge in [-0.05, 0) is 37.5 Å². The first kappa shape index (κ1) is 22.3. The number of imide groups is 1. The highest BCUT2D eigenvalue weighted by Crippen LogP contribution is 2.31. The average molecular weight is 411 g/mol. The van der Waals surface area contributed by atoms with Crippen LogP contribution in [0.15, 0.2) is 18.2 Å². The van der Waals surface area contributed by atoms with Crippen molar-refractivity contribution in [2.24, 2.45) is 5.92 Å². The van der Waals surface area contributed by atoms with Crippen LogP contribution < -0.4 is 10.6 Å². The first-order valence-corrected chi connectivity index (χ1v) is 8.96. The summed E-state index contributed by atoms with van der Waals surface area (Å²) in [7, 11) is 1.18. The normalized spacial score (nSPS) is 19.9. The second-order valence-corrected chi connectivity index (χ2v) is 7.34. The third-order valence-electron chi connectivity index (χ3n) is 4.57. The number of amides is 4. The minimum atomic E-state index is -1.87. The molecule has 0 radical (unpaired) electrons. The van der Waals surface area contributed by atoms with Gasteiger partial charge in [-0.15, -0.1) is 0 Å². The Bertz CT molecular complexity index is 845. The van der Waals surface area contributed by atoms with Crippen LogP contribution in [0.4, 0.5) is 13.6 Å². The van der Waals surface area contributed by atoms with Crippen LogP contribution in [0.2, 0.25) is 0 Å². The van der Waals surface area contributed by atoms with Crippen molar-refractivity contribution >= 4 is 23.8 Å². The Morgan fingerprint density at radius 3 is 2.52 bits per heavy atom. The molecule has 1 saturated heterocycles. The van der Waals surface area contributed by atoms with Crippen LogP contribution in [0.1, 0.15) is 32.8 Å². The van der Waals surface area contributed by atoms with Gasteiger partial charge in [0.15, 0.2) is 0 Å². The van der Waals surface area contributed by atoms with Crippen molar-refractivity contribution in [1.29, 1.82) is 0 Å². The van der Waals surface area contributed by atoms with Gasteiger partial charge in [-0.1, -0.05) is 13.8 Å². The number of benzene rings is 1. The summed E-state index contributed by atoms with van der Waals surface area (Å²) in [5.41, 5.74) is -2.23. The van der Waals surface area contributed by atoms with E-state index in [2.05, 4.69) is 15.4 Å². The molecule has 0 bridgehead atoms. The Morgan fingerprint density at radius 2 is 1.93 bits per heavy atom. The van der Waals surface area contributed by atoms with Crippen LogP contribution in [0, 0.1) is 17.6 Å². The lowest BCUT2D eigenvalue weighted by atomic mass is 9.91. The zero-order chi connectivity index (χ0) is 21.9. The monoisotopic (exact) mass is 411 g/mol. The number of hydrogen-bond donors (Lipinski definition) is 2. The first-order valence-electron chi connectivity index (χ1n) is 8.96. The molecule has 1 aromatic rings. The molecule has 8 nitrogen and oxygen atoms in total. The Kier molecular flexibility index (Phi) is 6.55. The molecule has 1 aliphatic heterocycles. The number of nitrogens with zero attached hydrogens (tertiary/aromatic N) is 1. The standard InChI is InChI=1S/C19H23F2N3O5/c1-10(2)7-14(16(26)29-4)22-15(25)9-24-17(27)19(3,23-18(24)28)12-8-11(20)5-6-13(12)21/h5-6,8,10,14H,7,9H2,1-4H3,(H,22,25)(H,23,28)/t14-,19+/m0/s1. The summed E-state index contributed by atoms with van der Waals surface area (Å²) in [6.45, 7) is 4.22. The fraction of sp³-hybridized carbons (Fsp3) is 0.474. The van der Waals surface area contributed by atoms with Crippen molar-refractivity contribution in [3.63, 3.8) is 0 Å². The van der Waals surface area contributed by atoms with E-state index in [9.17, 15) is 28.0 Å². The number of carbonyl (C=O) groups is 4. The topological polar surface area (TPSA) is 105 Å². The van der Waals surface area contributed by atoms with Gasteiger partial charge in [0.05, 0.1) is 7.11 Å². The lowest BCUT2D eigenvalue weighted by molar-refractivity contribution is -0.145. The minimum absolute atomic E-state index is 0.0651. The zero-order valence-electron chi connectivity index (χ0n) is 16.5. The molecule has 4 amide bonds. The number of urea groups is 1. The van der Waals surface area contributed by atoms with Gasteiger partial charge in [-0.25, -0.2) is 18.4 Å². The minimum Gasteiger partial charge on any atom is -0.467 e. The molecular weight excluding hydrogens is 388 g/mol. The van der Waals surface area contributed by atoms with Crippen LogP contribution in [-0.2, 0) is 24.7 Å². The van der Waals surface area contributed by atoms with Crippen LogP contribution in [-0.4, -0.2) is 48.4 Å². The van der Waals surface area contributed by atoms with E-state index in [0.29, 0.717) is 11.3 Å². The van der Waals surface area contributed by atoms with Gasteiger partial charge in [0, 0.05) is 5.56 Å². The molecule has 158 valence electrons. The van der Waals surface area contributed by atoms with Crippen LogP contribution in [0.25, 0.3) is 0 Å². The van der Waals surface area contributed by atoms with Crippen molar-refractivity contribution in [2.75, 3.05) is 13.7 Å². The molecule has 0 aromatic heterocycles. The summed E-state index contributed by atoms with van der Waals surface area (Å²) in [4.78, 5) is 49.8. The summed E-state index contributed by atoms with van der Waals surface area (Å²) in [5.74, 6) is -3.94. The molecule has 0 spiro atoms. The lowest BCUT2D eigenvalue weighted by Crippen LogP contribution is -2.48. The summed E-state index contributed by atoms with van der Waals surface area (Å²) in [6.07, 6.45) is 0.296. The van der Waals surface area contributed by atoms with Crippen molar-refractivity contribution in [3.8, 4) is 0 Å². The Morgan fingerprint density at radius 1 is 1.28 bits per heavy atom. The van der Waals surface area contributed by atoms with Gasteiger partial charge in [-0.3, -0.25) is 14.5 Å². The van der Waals surface area contributed by atoms with E-state index in [4.69, 9.17) is 0 Å². The number of hydrogen-bond acceptors (Lipinski definition) is 5. The summed E-state index contributed by atoms with van der Waals surface area (Å²) < 4.78 is 32.4. The van der Waals surface area contributed by atoms with Crippen LogP contribution >= 0.6 is 0 Å². The van der Waals surface area contributed by atoms with Gasteiger partial charge in [-0.2, -0.15) is 0 Å². The van der Waals surface area contributed by atoms with Gasteiger partial charge in [0.25, 0.3) is 5.91 Å². The summed E-state index contributed by atoms with van der Waals surface area (Å²) in [5, 5.41) is 4.73. The molecule has 0 unspecified atom stereocenters. The Labute approximate surface area is 166 Å². The average Bonchev–Trinajstić information content (AvgIpc) is 2.86. The highest BCUT2D eigenvalue weighted by Gasteiger charge is 2.51. The summed E-state index contributed by atoms with van der Waals surface area (Å²) >= 11 is 0. The number of methoxy groups -OCH3 is 1. The van der Waals surface area contributed by atoms with Gasteiger partial charge < -0.3 is 15.4 Å². The summed E-state index contributed by atoms with van der Waals surface area (Å²) in [6, 6.07) is 0.663. The second-order valence-electron chi connectivity index (χ2n) is 7.34. The molecular formula is C19H23F2N3O5. The molecule has 10 heteroatoms. The van der Waals surface area contributed by atoms with Crippen LogP contribution in [0.5, 0.6) is 0 Å². The van der Waals surface area contributed by atoms with E-state index in [1.807, 2.05) is 13.8 Å². The number of ether oxygens (including phenoxy) is 1. The smallest absolute Gasteiger partial charge is 0.328 e. The first-order chi connectivity index (χ1) is 13.5. The van der Waals surface area contributed by atoms with Crippen molar-refractivity contribution in [2.45, 2.75) is 38.8 Å². The van der Waals surface area contributed by atoms with E-state index in [-0.39, 0.29) is 11.5 Å². The number of halogens is 2. The number of nitrogens with one attached hydrogen (secondary N) is 2. The molecule has 2 N–H and O–H groups in total. The number of rotatable bonds is 7. The molecule has 0 aliphatic carbocycles. The van der Waals surface area contributed by atoms with Gasteiger partial charge in [0.2, 0.25) is 5.91 Å². The third-order valence-corrected chi connectivity index (χ3v) is 4.57. The fourth-order valence-corrected chi connectivity index (χ4v) is 3.12. The molecule has 29 heavy (non-hydrogen) atoms. The van der Waals surface area contributed by atoms with Gasteiger partial charge in [0.1, 0.15) is 29.8 Å². The quantitative estimate of drug-likeness (QED) is 0.522. The van der Waals surface area contributed by atoms with Crippen LogP contribution in [0.3, 0.4) is 0 Å². The Balaban J connectivity index is 2.18. The van der Waals surface area contributed by atoms with E-state index in [1.165, 1.54) is 14.0 Å². The largest absolute Gasteiger partial charge is 0.467 e. The van der Waals surface area contributed by atoms with Crippen molar-refractivity contribution in [1.82, 2.24) is 15.5 Å². The molecule has 1 aromatic carbocycles. The predicted octanol–water partition coefficient (Wildman–Crippen LogP) is 1.44. The zero-order valence-corrected chi connectivity index (χ0v) is 16.5. The maximum atomic E-state index is 14.2. The maximum absolute atomic E-state index is 14.2. The highest BCUT2D eigenvalue weighted by atomic mass is 19.1. The molecule has 2 atom stereocenters. The van der Waals surface area contributed by atoms with E-state index in [0.717, 1.165) is 18.2 Å². The molecule has 1 aliphatic rings. The number of esters is 1. The molecule has 1 heterocycles. The highest BCUT2D eigenvalue weighted by molar-refractivity contribution is 6.09. The van der Waals surface area contributed by atoms with E-state index in [1.54, 1.807) is 0 Å². The van der Waals surface area contributed by atoms with E-state index < -0.39 is 53.6 Å². The van der Waals surface area contributed by atoms with Crippen molar-refractivity contribution in [3.05, 3.63) is 35.4 Å². The Hall–Kier alpha value is -3.04. The predicted molar refractivity (Wildman–Crippen MR) is 97.4 cm³/mol. The van der Waals surface area contributed by atoms with Crippen molar-refractivity contribution < 1.29 is 32.7 Å². The maximum Gasteiger partial charge on any atom is 0.328 e. The van der Waals surface area contributed by atoms with E-state index >= 15 is 0 Å². The number of carbonyl (C=O) groups excluding carboxylic acids is 4. The fourth-order valence-electron chi connectivity index (χ4n) is 3.12. The van der Waals surface area contributed by atoms with Gasteiger partial charge >= 0.3 is 12.0 Å². The lowest BCUT2D eigenvalue weighted by Gasteiger charge is -2.23. The third kappa shape index (κ3) is 4.69. The molecule has 0 saturated carbocycles. The molecule has 2 rings (SSSR count). The second kappa shape index (κ2) is 8.54. The SMILES string of the molecule is COC(=O)[C@H](CC(C)C)NC(=O)CN1C(=O)N[C@](C)(c2cc(F)ccc2F)C1=O.